The van der Waals surface area contributed by atoms with Crippen LogP contribution in [-0.2, 0) is 75.2 Å². The van der Waals surface area contributed by atoms with Gasteiger partial charge in [0, 0.05) is 127 Å². The Morgan fingerprint density at radius 1 is 0.705 bits per heavy atom. The predicted molar refractivity (Wildman–Crippen MR) is 348 cm³/mol. The number of carbonyl (C=O) groups is 13. The molecule has 3 aliphatic heterocycles. The largest absolute Gasteiger partial charge is 0.508 e. The summed E-state index contributed by atoms with van der Waals surface area (Å²) in [5.74, 6) is -15.7. The molecule has 3 aliphatic rings. The number of carboxylic acid groups (broad SMARTS) is 4. The Hall–Kier alpha value is -7.26. The Morgan fingerprint density at radius 3 is 1.80 bits per heavy atom. The molecule has 524 valence electrons. The van der Waals surface area contributed by atoms with E-state index in [-0.39, 0.29) is 137 Å². The zero-order valence-electron chi connectivity index (χ0n) is 53.5. The van der Waals surface area contributed by atoms with Crippen LogP contribution in [0, 0.1) is 23.7 Å². The normalized spacial score (nSPS) is 22.6. The van der Waals surface area contributed by atoms with Crippen LogP contribution < -0.4 is 21.3 Å². The Morgan fingerprint density at radius 2 is 1.26 bits per heavy atom. The molecule has 0 aliphatic carbocycles. The van der Waals surface area contributed by atoms with Gasteiger partial charge in [-0.2, -0.15) is 0 Å². The fraction of sp³-hybridized carbons (Fsp3) is 0.603. The molecule has 32 heteroatoms. The van der Waals surface area contributed by atoms with Gasteiger partial charge in [0.25, 0.3) is 0 Å². The number of Topliss-reactive ketones (excluding diaryl/α,β-unsaturated/α-hetero) is 4. The molecule has 0 radical (unpaired) electrons. The van der Waals surface area contributed by atoms with Crippen molar-refractivity contribution in [3.63, 3.8) is 0 Å². The van der Waals surface area contributed by atoms with Crippen molar-refractivity contribution in [1.29, 1.82) is 0 Å². The summed E-state index contributed by atoms with van der Waals surface area (Å²) in [6.07, 6.45) is -4.50. The average molecular weight is 1390 g/mol. The fourth-order valence-corrected chi connectivity index (χ4v) is 14.0. The number of aliphatic carboxylic acids is 4. The highest BCUT2D eigenvalue weighted by Gasteiger charge is 2.43. The summed E-state index contributed by atoms with van der Waals surface area (Å²) >= 11 is 6.23. The van der Waals surface area contributed by atoms with Crippen molar-refractivity contribution in [2.24, 2.45) is 23.7 Å². The van der Waals surface area contributed by atoms with E-state index in [9.17, 15) is 93.3 Å². The number of hydrogen-bond acceptors (Lipinski definition) is 22. The number of nitrogens with one attached hydrogen (secondary N) is 4. The second-order valence-corrected chi connectivity index (χ2v) is 27.6. The minimum Gasteiger partial charge on any atom is -0.508 e. The maximum absolute atomic E-state index is 15.1. The van der Waals surface area contributed by atoms with Crippen LogP contribution in [-0.4, -0.2) is 270 Å². The summed E-state index contributed by atoms with van der Waals surface area (Å²) in [6.45, 7) is 3.27. The molecule has 0 spiro atoms. The third-order valence-electron chi connectivity index (χ3n) is 16.5. The molecule has 3 fully saturated rings. The van der Waals surface area contributed by atoms with Gasteiger partial charge in [-0.1, -0.05) is 72.2 Å². The molecule has 2 aromatic carbocycles. The number of aliphatic hydroxyl groups excluding tert-OH is 1. The molecule has 0 bridgehead atoms. The van der Waals surface area contributed by atoms with Gasteiger partial charge in [0.1, 0.15) is 17.5 Å². The van der Waals surface area contributed by atoms with Crippen LogP contribution in [0.2, 0.25) is 5.02 Å². The Labute approximate surface area is 563 Å². The monoisotopic (exact) mass is 1390 g/mol. The summed E-state index contributed by atoms with van der Waals surface area (Å²) in [4.78, 5) is 184. The third kappa shape index (κ3) is 27.4. The summed E-state index contributed by atoms with van der Waals surface area (Å²) < 4.78 is 0. The molecule has 0 aromatic heterocycles. The third-order valence-corrected chi connectivity index (χ3v) is 19.3. The van der Waals surface area contributed by atoms with Crippen molar-refractivity contribution < 1.29 is 98.1 Å². The standard InChI is InChI=1S/C63H88ClN9O20S2/c1-4-51(77)48-35-94-95-36-49(63(93)73-30-45(76)28-50(73)54(80)27-42(22-39-7-11-52(78)46(64)23-39)60(90)65-29-44(75)25-41(21-37(2)3)62(92)67-48)68-61(91)40(8-12-56(82)83)26-53(79)47(24-38-5-9-43(74)10-6-38)66-55(81)31-69-13-15-70(32-57(84)85)17-19-72(34-59(88)89)20-18-71(16-14-69)33-58(86)87/h5-7,9-11,23,37,40-42,45,47-50,74,76,78H,4,8,12-22,24-36H2,1-3H3,(H,65,90)(H,66,81)(H,67,92)(H,68,91)(H,82,83)(H,84,85)(H,86,87)(H,88,89)/t40-,41+,42+,45+,47-,48-,49-,50-/m0/s1. The lowest BCUT2D eigenvalue weighted by molar-refractivity contribution is -0.142. The first kappa shape index (κ1) is 78.4. The topological polar surface area (TPSA) is 428 Å². The number of benzene rings is 2. The highest BCUT2D eigenvalue weighted by Crippen LogP contribution is 2.31. The number of carbonyl (C=O) groups excluding carboxylic acids is 9. The fourth-order valence-electron chi connectivity index (χ4n) is 11.5. The van der Waals surface area contributed by atoms with Crippen molar-refractivity contribution in [2.75, 3.05) is 103 Å². The van der Waals surface area contributed by atoms with Crippen LogP contribution in [0.3, 0.4) is 0 Å². The van der Waals surface area contributed by atoms with E-state index < -0.39 is 177 Å². The summed E-state index contributed by atoms with van der Waals surface area (Å²) in [5.41, 5.74) is 0.832. The van der Waals surface area contributed by atoms with Gasteiger partial charge >= 0.3 is 23.9 Å². The summed E-state index contributed by atoms with van der Waals surface area (Å²) in [7, 11) is 2.03. The molecule has 3 saturated heterocycles. The number of rotatable bonds is 25. The van der Waals surface area contributed by atoms with Crippen LogP contribution in [0.5, 0.6) is 11.5 Å². The lowest BCUT2D eigenvalue weighted by Crippen LogP contribution is -2.54. The highest BCUT2D eigenvalue weighted by atomic mass is 35.5. The average Bonchev–Trinajstić information content (AvgIpc) is 1.72. The first-order valence-electron chi connectivity index (χ1n) is 31.5. The molecule has 29 nitrogen and oxygen atoms in total. The lowest BCUT2D eigenvalue weighted by Gasteiger charge is -2.33. The number of hydrogen-bond donors (Lipinski definition) is 11. The van der Waals surface area contributed by atoms with Crippen LogP contribution >= 0.6 is 33.2 Å². The molecule has 8 atom stereocenters. The van der Waals surface area contributed by atoms with Crippen molar-refractivity contribution in [3.8, 4) is 11.5 Å². The van der Waals surface area contributed by atoms with Crippen molar-refractivity contribution in [1.82, 2.24) is 45.8 Å². The molecule has 2 aromatic rings. The quantitative estimate of drug-likeness (QED) is 0.0605. The van der Waals surface area contributed by atoms with E-state index in [2.05, 4.69) is 21.3 Å². The van der Waals surface area contributed by atoms with E-state index in [4.69, 9.17) is 11.6 Å². The predicted octanol–water partition coefficient (Wildman–Crippen LogP) is 0.555. The Bertz CT molecular complexity index is 3020. The molecular weight excluding hydrogens is 1300 g/mol. The van der Waals surface area contributed by atoms with Crippen LogP contribution in [0.1, 0.15) is 83.3 Å². The van der Waals surface area contributed by atoms with E-state index in [0.717, 1.165) is 26.5 Å². The number of ketones is 4. The molecular formula is C63H88ClN9O20S2. The Kier molecular flexibility index (Phi) is 32.3. The SMILES string of the molecule is CCC(=O)[C@@H]1CSSC[C@H](NC(=O)[C@@H](CCC(=O)O)CC(=O)[C@H](Cc2ccc(O)cc2)NC(=O)CN2CCN(CC(=O)O)CCN(CC(=O)O)CCN(CC(=O)O)CC2)C(=O)N2C[C@H](O)C[C@H]2C(=O)C[C@@H](Cc2ccc(O)c(Cl)c2)C(=O)NCC(=O)C[C@@H](CC(C)C)C(=O)N1. The minimum atomic E-state index is -1.60. The lowest BCUT2D eigenvalue weighted by atomic mass is 9.89. The van der Waals surface area contributed by atoms with Crippen LogP contribution in [0.15, 0.2) is 42.5 Å². The van der Waals surface area contributed by atoms with Crippen molar-refractivity contribution >= 4 is 110 Å². The zero-order valence-corrected chi connectivity index (χ0v) is 55.9. The maximum Gasteiger partial charge on any atom is 0.317 e. The van der Waals surface area contributed by atoms with Crippen molar-refractivity contribution in [3.05, 3.63) is 58.6 Å². The van der Waals surface area contributed by atoms with Gasteiger partial charge in [-0.3, -0.25) is 81.9 Å². The molecule has 5 rings (SSSR count). The van der Waals surface area contributed by atoms with Crippen molar-refractivity contribution in [2.45, 2.75) is 115 Å². The number of phenolic OH excluding ortho intramolecular Hbond substituents is 2. The first-order valence-corrected chi connectivity index (χ1v) is 34.4. The van der Waals surface area contributed by atoms with Gasteiger partial charge in [0.15, 0.2) is 23.1 Å². The molecule has 3 heterocycles. The summed E-state index contributed by atoms with van der Waals surface area (Å²) in [5, 5.41) is 81.2. The van der Waals surface area contributed by atoms with E-state index in [1.807, 2.05) is 13.8 Å². The first-order chi connectivity index (χ1) is 45.0. The number of aromatic hydroxyl groups is 2. The molecule has 11 N–H and O–H groups in total. The van der Waals surface area contributed by atoms with E-state index in [1.54, 1.807) is 26.5 Å². The van der Waals surface area contributed by atoms with Crippen LogP contribution in [0.4, 0.5) is 0 Å². The Balaban J connectivity index is 1.48. The van der Waals surface area contributed by atoms with Gasteiger partial charge in [-0.25, -0.2) is 0 Å². The number of aliphatic hydroxyl groups is 1. The van der Waals surface area contributed by atoms with Gasteiger partial charge < -0.3 is 61.9 Å². The number of fused-ring (bicyclic) bond motifs is 1. The number of carboxylic acids is 4. The summed E-state index contributed by atoms with van der Waals surface area (Å²) in [6, 6.07) is 4.25. The number of halogens is 1. The second-order valence-electron chi connectivity index (χ2n) is 24.6. The second kappa shape index (κ2) is 39.1. The zero-order chi connectivity index (χ0) is 70.1. The van der Waals surface area contributed by atoms with Gasteiger partial charge in [-0.05, 0) is 67.0 Å². The number of phenols is 2. The molecule has 5 amide bonds. The maximum atomic E-state index is 15.1. The van der Waals surface area contributed by atoms with Gasteiger partial charge in [-0.15, -0.1) is 0 Å². The highest BCUT2D eigenvalue weighted by molar-refractivity contribution is 8.76. The minimum absolute atomic E-state index is 0.00509. The number of nitrogens with zero attached hydrogens (tertiary/aromatic N) is 5. The number of amides is 5. The molecule has 95 heavy (non-hydrogen) atoms. The van der Waals surface area contributed by atoms with Gasteiger partial charge in [0.05, 0.1) is 62.0 Å². The van der Waals surface area contributed by atoms with E-state index in [1.165, 1.54) is 42.5 Å². The van der Waals surface area contributed by atoms with E-state index >= 15 is 4.79 Å². The van der Waals surface area contributed by atoms with Crippen LogP contribution in [0.25, 0.3) is 0 Å². The smallest absolute Gasteiger partial charge is 0.317 e. The molecule has 0 unspecified atom stereocenters. The van der Waals surface area contributed by atoms with E-state index in [0.29, 0.717) is 11.1 Å². The molecule has 0 saturated carbocycles. The van der Waals surface area contributed by atoms with Gasteiger partial charge in [0.2, 0.25) is 29.5 Å².